The second kappa shape index (κ2) is 14.7. The SMILES string of the molecule is COCCCOc1cc(C(=O)N(C[C@@H]2CNC[C@H]2CN(C(=O)[C@H](O)c2ccccc2)C2CC2)C(C)C)ccc1OC. The molecule has 2 aromatic carbocycles. The molecule has 2 fully saturated rings. The van der Waals surface area contributed by atoms with Gasteiger partial charge in [-0.05, 0) is 62.3 Å². The third-order valence-electron chi connectivity index (χ3n) is 8.01. The third kappa shape index (κ3) is 7.99. The molecule has 9 nitrogen and oxygen atoms in total. The van der Waals surface area contributed by atoms with Crippen LogP contribution in [0.3, 0.4) is 0 Å². The first kappa shape index (κ1) is 30.8. The Morgan fingerprint density at radius 3 is 2.32 bits per heavy atom. The molecular formula is C32H45N3O6. The molecule has 2 N–H and O–H groups in total. The first-order valence-corrected chi connectivity index (χ1v) is 14.7. The smallest absolute Gasteiger partial charge is 0.256 e. The minimum atomic E-state index is -1.17. The molecule has 1 heterocycles. The Balaban J connectivity index is 1.45. The van der Waals surface area contributed by atoms with Gasteiger partial charge in [0.15, 0.2) is 17.6 Å². The number of hydrogen-bond acceptors (Lipinski definition) is 7. The van der Waals surface area contributed by atoms with Crippen molar-refractivity contribution < 1.29 is 28.9 Å². The molecule has 2 aromatic rings. The summed E-state index contributed by atoms with van der Waals surface area (Å²) >= 11 is 0. The lowest BCUT2D eigenvalue weighted by Crippen LogP contribution is -2.45. The van der Waals surface area contributed by atoms with Gasteiger partial charge in [0.2, 0.25) is 0 Å². The second-order valence-corrected chi connectivity index (χ2v) is 11.3. The van der Waals surface area contributed by atoms with Crippen molar-refractivity contribution in [3.63, 3.8) is 0 Å². The number of ether oxygens (including phenoxy) is 3. The van der Waals surface area contributed by atoms with Crippen LogP contribution in [-0.4, -0.2) is 92.4 Å². The molecule has 4 rings (SSSR count). The lowest BCUT2D eigenvalue weighted by molar-refractivity contribution is -0.142. The highest BCUT2D eigenvalue weighted by molar-refractivity contribution is 5.95. The van der Waals surface area contributed by atoms with Gasteiger partial charge in [-0.2, -0.15) is 0 Å². The summed E-state index contributed by atoms with van der Waals surface area (Å²) in [6.07, 6.45) is 1.48. The molecule has 1 aliphatic heterocycles. The van der Waals surface area contributed by atoms with Crippen molar-refractivity contribution in [3.8, 4) is 11.5 Å². The number of benzene rings is 2. The minimum absolute atomic E-state index is 0.0157. The molecule has 41 heavy (non-hydrogen) atoms. The molecule has 0 spiro atoms. The van der Waals surface area contributed by atoms with E-state index >= 15 is 0 Å². The normalized spacial score (nSPS) is 19.2. The first-order chi connectivity index (χ1) is 19.8. The van der Waals surface area contributed by atoms with Crippen molar-refractivity contribution in [2.24, 2.45) is 11.8 Å². The average molecular weight is 568 g/mol. The fourth-order valence-electron chi connectivity index (χ4n) is 5.46. The molecule has 1 saturated heterocycles. The van der Waals surface area contributed by atoms with E-state index < -0.39 is 6.10 Å². The molecular weight excluding hydrogens is 522 g/mol. The summed E-state index contributed by atoms with van der Waals surface area (Å²) in [5.74, 6) is 1.16. The lowest BCUT2D eigenvalue weighted by Gasteiger charge is -2.34. The Kier molecular flexibility index (Phi) is 11.0. The molecule has 2 aliphatic rings. The summed E-state index contributed by atoms with van der Waals surface area (Å²) in [4.78, 5) is 31.0. The van der Waals surface area contributed by atoms with Gasteiger partial charge in [0, 0.05) is 64.0 Å². The van der Waals surface area contributed by atoms with Gasteiger partial charge in [-0.15, -0.1) is 0 Å². The highest BCUT2D eigenvalue weighted by Gasteiger charge is 2.40. The van der Waals surface area contributed by atoms with Gasteiger partial charge in [-0.1, -0.05) is 30.3 Å². The van der Waals surface area contributed by atoms with Crippen LogP contribution in [0.2, 0.25) is 0 Å². The van der Waals surface area contributed by atoms with E-state index in [2.05, 4.69) is 5.32 Å². The Morgan fingerprint density at radius 2 is 1.68 bits per heavy atom. The van der Waals surface area contributed by atoms with E-state index in [1.807, 2.05) is 41.8 Å². The number of carbonyl (C=O) groups is 2. The van der Waals surface area contributed by atoms with Crippen LogP contribution in [0.15, 0.2) is 48.5 Å². The van der Waals surface area contributed by atoms with Gasteiger partial charge >= 0.3 is 0 Å². The number of hydrogen-bond donors (Lipinski definition) is 2. The molecule has 1 saturated carbocycles. The maximum Gasteiger partial charge on any atom is 0.256 e. The maximum absolute atomic E-state index is 13.8. The van der Waals surface area contributed by atoms with Crippen LogP contribution < -0.4 is 14.8 Å². The number of nitrogens with zero attached hydrogens (tertiary/aromatic N) is 2. The summed E-state index contributed by atoms with van der Waals surface area (Å²) < 4.78 is 16.5. The largest absolute Gasteiger partial charge is 0.493 e. The molecule has 224 valence electrons. The predicted molar refractivity (Wildman–Crippen MR) is 157 cm³/mol. The quantitative estimate of drug-likeness (QED) is 0.318. The van der Waals surface area contributed by atoms with E-state index in [1.165, 1.54) is 0 Å². The molecule has 3 atom stereocenters. The van der Waals surface area contributed by atoms with Crippen LogP contribution in [0.25, 0.3) is 0 Å². The zero-order chi connectivity index (χ0) is 29.4. The van der Waals surface area contributed by atoms with Gasteiger partial charge in [-0.25, -0.2) is 0 Å². The number of aliphatic hydroxyl groups excluding tert-OH is 1. The number of carbonyl (C=O) groups excluding carboxylic acids is 2. The first-order valence-electron chi connectivity index (χ1n) is 14.7. The standard InChI is InChI=1S/C32H45N3O6/c1-22(2)34(31(37)24-11-14-28(40-4)29(17-24)41-16-8-15-39-3)20-25-18-33-19-26(25)21-35(27-12-13-27)32(38)30(36)23-9-6-5-7-10-23/h5-7,9-11,14,17,22,25-27,30,33,36H,8,12-13,15-16,18-21H2,1-4H3/t25-,26-,30+/m0/s1. The zero-order valence-electron chi connectivity index (χ0n) is 24.8. The highest BCUT2D eigenvalue weighted by Crippen LogP contribution is 2.33. The molecule has 9 heteroatoms. The third-order valence-corrected chi connectivity index (χ3v) is 8.01. The lowest BCUT2D eigenvalue weighted by atomic mass is 9.93. The van der Waals surface area contributed by atoms with Crippen LogP contribution in [0.5, 0.6) is 11.5 Å². The fraction of sp³-hybridized carbons (Fsp3) is 0.562. The van der Waals surface area contributed by atoms with Gasteiger partial charge in [0.05, 0.1) is 13.7 Å². The van der Waals surface area contributed by atoms with Crippen molar-refractivity contribution in [2.75, 3.05) is 53.6 Å². The summed E-state index contributed by atoms with van der Waals surface area (Å²) in [6.45, 7) is 7.77. The predicted octanol–water partition coefficient (Wildman–Crippen LogP) is 3.52. The van der Waals surface area contributed by atoms with Crippen molar-refractivity contribution >= 4 is 11.8 Å². The van der Waals surface area contributed by atoms with Crippen LogP contribution >= 0.6 is 0 Å². The topological polar surface area (TPSA) is 101 Å². The van der Waals surface area contributed by atoms with Crippen molar-refractivity contribution in [1.29, 1.82) is 0 Å². The number of amides is 2. The van der Waals surface area contributed by atoms with E-state index in [-0.39, 0.29) is 35.7 Å². The van der Waals surface area contributed by atoms with E-state index in [1.54, 1.807) is 44.6 Å². The van der Waals surface area contributed by atoms with E-state index in [9.17, 15) is 14.7 Å². The van der Waals surface area contributed by atoms with Gasteiger partial charge in [0.25, 0.3) is 11.8 Å². The molecule has 1 aliphatic carbocycles. The number of rotatable bonds is 15. The van der Waals surface area contributed by atoms with Gasteiger partial charge in [0.1, 0.15) is 0 Å². The monoisotopic (exact) mass is 567 g/mol. The second-order valence-electron chi connectivity index (χ2n) is 11.3. The molecule has 2 amide bonds. The zero-order valence-corrected chi connectivity index (χ0v) is 24.8. The summed E-state index contributed by atoms with van der Waals surface area (Å²) in [5, 5.41) is 14.3. The number of aliphatic hydroxyl groups is 1. The summed E-state index contributed by atoms with van der Waals surface area (Å²) in [5.41, 5.74) is 1.16. The van der Waals surface area contributed by atoms with E-state index in [4.69, 9.17) is 14.2 Å². The van der Waals surface area contributed by atoms with Crippen LogP contribution in [-0.2, 0) is 9.53 Å². The summed E-state index contributed by atoms with van der Waals surface area (Å²) in [6, 6.07) is 14.6. The Bertz CT molecular complexity index is 1140. The van der Waals surface area contributed by atoms with Gasteiger partial charge in [-0.3, -0.25) is 9.59 Å². The average Bonchev–Trinajstić information content (AvgIpc) is 3.74. The maximum atomic E-state index is 13.8. The Labute approximate surface area is 243 Å². The molecule has 0 aromatic heterocycles. The van der Waals surface area contributed by atoms with E-state index in [0.717, 1.165) is 32.4 Å². The Hall–Kier alpha value is -3.14. The van der Waals surface area contributed by atoms with Crippen LogP contribution in [0, 0.1) is 11.8 Å². The molecule has 0 unspecified atom stereocenters. The van der Waals surface area contributed by atoms with Crippen molar-refractivity contribution in [2.45, 2.75) is 51.3 Å². The van der Waals surface area contributed by atoms with Crippen LogP contribution in [0.4, 0.5) is 0 Å². The van der Waals surface area contributed by atoms with Crippen molar-refractivity contribution in [3.05, 3.63) is 59.7 Å². The highest BCUT2D eigenvalue weighted by atomic mass is 16.5. The number of nitrogens with one attached hydrogen (secondary N) is 1. The fourth-order valence-corrected chi connectivity index (χ4v) is 5.46. The van der Waals surface area contributed by atoms with E-state index in [0.29, 0.717) is 48.9 Å². The molecule has 0 bridgehead atoms. The van der Waals surface area contributed by atoms with Gasteiger partial charge < -0.3 is 34.4 Å². The minimum Gasteiger partial charge on any atom is -0.493 e. The number of methoxy groups -OCH3 is 2. The van der Waals surface area contributed by atoms with Crippen molar-refractivity contribution in [1.82, 2.24) is 15.1 Å². The Morgan fingerprint density at radius 1 is 0.976 bits per heavy atom. The molecule has 0 radical (unpaired) electrons. The summed E-state index contributed by atoms with van der Waals surface area (Å²) in [7, 11) is 3.24. The van der Waals surface area contributed by atoms with Crippen LogP contribution in [0.1, 0.15) is 55.1 Å².